The number of aryl methyl sites for hydroxylation is 2. The molecule has 2 heteroatoms. The zero-order chi connectivity index (χ0) is 12.0. The first kappa shape index (κ1) is 13.6. The third-order valence-electron chi connectivity index (χ3n) is 2.74. The van der Waals surface area contributed by atoms with Crippen molar-refractivity contribution in [2.24, 2.45) is 0 Å². The summed E-state index contributed by atoms with van der Waals surface area (Å²) in [4.78, 5) is 0. The highest BCUT2D eigenvalue weighted by Gasteiger charge is 1.99. The Morgan fingerprint density at radius 3 is 2.38 bits per heavy atom. The van der Waals surface area contributed by atoms with Crippen molar-refractivity contribution in [1.82, 2.24) is 5.32 Å². The zero-order valence-electron chi connectivity index (χ0n) is 10.8. The summed E-state index contributed by atoms with van der Waals surface area (Å²) in [5.41, 5.74) is 4.21. The lowest BCUT2D eigenvalue weighted by atomic mass is 10.1. The Bertz CT molecular complexity index is 302. The lowest BCUT2D eigenvalue weighted by Crippen LogP contribution is -2.21. The van der Waals surface area contributed by atoms with Crippen LogP contribution in [0.25, 0.3) is 0 Å². The van der Waals surface area contributed by atoms with Gasteiger partial charge in [0, 0.05) is 11.8 Å². The summed E-state index contributed by atoms with van der Waals surface area (Å²) in [6.45, 7) is 6.58. The van der Waals surface area contributed by atoms with Gasteiger partial charge in [0.05, 0.1) is 0 Å². The van der Waals surface area contributed by atoms with E-state index in [4.69, 9.17) is 0 Å². The summed E-state index contributed by atoms with van der Waals surface area (Å²) in [7, 11) is 2.03. The maximum atomic E-state index is 3.27. The van der Waals surface area contributed by atoms with Gasteiger partial charge >= 0.3 is 0 Å². The van der Waals surface area contributed by atoms with E-state index < -0.39 is 0 Å². The Labute approximate surface area is 104 Å². The summed E-state index contributed by atoms with van der Waals surface area (Å²) in [5, 5.41) is 3.27. The maximum Gasteiger partial charge on any atom is 0.0184 e. The van der Waals surface area contributed by atoms with Crippen LogP contribution in [-0.4, -0.2) is 18.8 Å². The average molecular weight is 237 g/mol. The first-order valence-corrected chi connectivity index (χ1v) is 7.09. The second kappa shape index (κ2) is 6.97. The highest BCUT2D eigenvalue weighted by Crippen LogP contribution is 2.16. The van der Waals surface area contributed by atoms with Gasteiger partial charge in [-0.25, -0.2) is 0 Å². The molecule has 90 valence electrons. The topological polar surface area (TPSA) is 12.0 Å². The molecule has 0 aliphatic heterocycles. The molecule has 0 amide bonds. The first-order chi connectivity index (χ1) is 7.61. The normalized spacial score (nSPS) is 12.8. The average Bonchev–Trinajstić information content (AvgIpc) is 2.22. The van der Waals surface area contributed by atoms with Crippen molar-refractivity contribution in [2.45, 2.75) is 39.0 Å². The van der Waals surface area contributed by atoms with Crippen LogP contribution in [0.4, 0.5) is 0 Å². The highest BCUT2D eigenvalue weighted by atomic mass is 32.2. The minimum absolute atomic E-state index is 0.631. The summed E-state index contributed by atoms with van der Waals surface area (Å²) in [6.07, 6.45) is 1.24. The molecule has 0 bridgehead atoms. The molecule has 16 heavy (non-hydrogen) atoms. The Balaban J connectivity index is 2.32. The van der Waals surface area contributed by atoms with Gasteiger partial charge in [0.25, 0.3) is 0 Å². The van der Waals surface area contributed by atoms with E-state index in [9.17, 15) is 0 Å². The number of benzene rings is 1. The van der Waals surface area contributed by atoms with Crippen molar-refractivity contribution in [3.8, 4) is 0 Å². The van der Waals surface area contributed by atoms with Crippen LogP contribution in [0.1, 0.15) is 30.0 Å². The van der Waals surface area contributed by atoms with Gasteiger partial charge in [0.1, 0.15) is 0 Å². The minimum atomic E-state index is 0.631. The van der Waals surface area contributed by atoms with Gasteiger partial charge in [0.15, 0.2) is 0 Å². The van der Waals surface area contributed by atoms with Crippen LogP contribution in [0.3, 0.4) is 0 Å². The van der Waals surface area contributed by atoms with Crippen LogP contribution < -0.4 is 5.32 Å². The SMILES string of the molecule is CNC(C)CCSCc1cc(C)cc(C)c1. The largest absolute Gasteiger partial charge is 0.317 e. The van der Waals surface area contributed by atoms with Crippen molar-refractivity contribution in [2.75, 3.05) is 12.8 Å². The van der Waals surface area contributed by atoms with Crippen LogP contribution in [0, 0.1) is 13.8 Å². The summed E-state index contributed by atoms with van der Waals surface area (Å²) >= 11 is 2.03. The number of thioether (sulfide) groups is 1. The lowest BCUT2D eigenvalue weighted by Gasteiger charge is -2.09. The van der Waals surface area contributed by atoms with Crippen molar-refractivity contribution < 1.29 is 0 Å². The summed E-state index contributed by atoms with van der Waals surface area (Å²) < 4.78 is 0. The molecule has 0 saturated carbocycles. The quantitative estimate of drug-likeness (QED) is 0.760. The van der Waals surface area contributed by atoms with Gasteiger partial charge < -0.3 is 5.32 Å². The molecule has 0 aliphatic carbocycles. The van der Waals surface area contributed by atoms with Crippen molar-refractivity contribution in [3.63, 3.8) is 0 Å². The molecular formula is C14H23NS. The van der Waals surface area contributed by atoms with Gasteiger partial charge in [-0.3, -0.25) is 0 Å². The van der Waals surface area contributed by atoms with Gasteiger partial charge in [-0.1, -0.05) is 29.3 Å². The van der Waals surface area contributed by atoms with Crippen molar-refractivity contribution in [1.29, 1.82) is 0 Å². The van der Waals surface area contributed by atoms with E-state index in [1.165, 1.54) is 28.9 Å². The van der Waals surface area contributed by atoms with Gasteiger partial charge in [-0.15, -0.1) is 0 Å². The third kappa shape index (κ3) is 5.04. The van der Waals surface area contributed by atoms with Crippen LogP contribution in [-0.2, 0) is 5.75 Å². The van der Waals surface area contributed by atoms with Crippen LogP contribution >= 0.6 is 11.8 Å². The van der Waals surface area contributed by atoms with E-state index >= 15 is 0 Å². The molecule has 1 nitrogen and oxygen atoms in total. The Hall–Kier alpha value is -0.470. The van der Waals surface area contributed by atoms with Crippen LogP contribution in [0.15, 0.2) is 18.2 Å². The molecule has 0 heterocycles. The van der Waals surface area contributed by atoms with Crippen molar-refractivity contribution in [3.05, 3.63) is 34.9 Å². The Kier molecular flexibility index (Phi) is 5.93. The molecule has 1 unspecified atom stereocenters. The molecule has 1 N–H and O–H groups in total. The molecule has 1 atom stereocenters. The van der Waals surface area contributed by atoms with Gasteiger partial charge in [0.2, 0.25) is 0 Å². The van der Waals surface area contributed by atoms with E-state index in [1.54, 1.807) is 0 Å². The molecule has 0 aliphatic rings. The molecule has 0 radical (unpaired) electrons. The third-order valence-corrected chi connectivity index (χ3v) is 3.80. The summed E-state index contributed by atoms with van der Waals surface area (Å²) in [5.74, 6) is 2.37. The molecule has 0 fully saturated rings. The lowest BCUT2D eigenvalue weighted by molar-refractivity contribution is 0.598. The number of hydrogen-bond donors (Lipinski definition) is 1. The molecule has 0 aromatic heterocycles. The Morgan fingerprint density at radius 1 is 1.19 bits per heavy atom. The second-order valence-corrected chi connectivity index (χ2v) is 5.63. The van der Waals surface area contributed by atoms with Crippen molar-refractivity contribution >= 4 is 11.8 Å². The minimum Gasteiger partial charge on any atom is -0.317 e. The van der Waals surface area contributed by atoms with E-state index in [2.05, 4.69) is 44.3 Å². The van der Waals surface area contributed by atoms with Gasteiger partial charge in [-0.2, -0.15) is 11.8 Å². The van der Waals surface area contributed by atoms with E-state index in [0.29, 0.717) is 6.04 Å². The fraction of sp³-hybridized carbons (Fsp3) is 0.571. The van der Waals surface area contributed by atoms with Crippen LogP contribution in [0.2, 0.25) is 0 Å². The van der Waals surface area contributed by atoms with Crippen LogP contribution in [0.5, 0.6) is 0 Å². The molecular weight excluding hydrogens is 214 g/mol. The number of rotatable bonds is 6. The zero-order valence-corrected chi connectivity index (χ0v) is 11.7. The van der Waals surface area contributed by atoms with E-state index in [0.717, 1.165) is 5.75 Å². The van der Waals surface area contributed by atoms with E-state index in [-0.39, 0.29) is 0 Å². The summed E-state index contributed by atoms with van der Waals surface area (Å²) in [6, 6.07) is 7.45. The first-order valence-electron chi connectivity index (χ1n) is 5.94. The van der Waals surface area contributed by atoms with E-state index in [1.807, 2.05) is 18.8 Å². The number of nitrogens with one attached hydrogen (secondary N) is 1. The fourth-order valence-corrected chi connectivity index (χ4v) is 2.81. The molecule has 1 aromatic carbocycles. The Morgan fingerprint density at radius 2 is 1.81 bits per heavy atom. The molecule has 1 rings (SSSR count). The van der Waals surface area contributed by atoms with Gasteiger partial charge in [-0.05, 0) is 45.6 Å². The fourth-order valence-electron chi connectivity index (χ4n) is 1.75. The molecule has 1 aromatic rings. The monoisotopic (exact) mass is 237 g/mol. The maximum absolute atomic E-state index is 3.27. The molecule has 0 spiro atoms. The predicted molar refractivity (Wildman–Crippen MR) is 75.2 cm³/mol. The smallest absolute Gasteiger partial charge is 0.0184 e. The molecule has 0 saturated heterocycles. The number of hydrogen-bond acceptors (Lipinski definition) is 2. The standard InChI is InChI=1S/C14H23NS/c1-11-7-12(2)9-14(8-11)10-16-6-5-13(3)15-4/h7-9,13,15H,5-6,10H2,1-4H3. The highest BCUT2D eigenvalue weighted by molar-refractivity contribution is 7.98. The second-order valence-electron chi connectivity index (χ2n) is 4.53. The predicted octanol–water partition coefficient (Wildman–Crippen LogP) is 3.53.